The maximum Gasteiger partial charge on any atom is 0.274 e. The van der Waals surface area contributed by atoms with Gasteiger partial charge in [-0.2, -0.15) is 12.6 Å². The Balaban J connectivity index is 3.01. The zero-order valence-electron chi connectivity index (χ0n) is 8.51. The molecule has 1 rings (SSSR count). The van der Waals surface area contributed by atoms with E-state index in [0.29, 0.717) is 17.7 Å². The molecule has 0 atom stereocenters. The molecule has 0 unspecified atom stereocenters. The second kappa shape index (κ2) is 6.16. The van der Waals surface area contributed by atoms with Crippen molar-refractivity contribution in [2.75, 3.05) is 5.75 Å². The zero-order valence-corrected chi connectivity index (χ0v) is 9.41. The van der Waals surface area contributed by atoms with Crippen molar-refractivity contribution in [2.24, 2.45) is 0 Å². The van der Waals surface area contributed by atoms with E-state index in [-0.39, 0.29) is 17.9 Å². The topological polar surface area (TPSA) is 63.4 Å². The van der Waals surface area contributed by atoms with Crippen LogP contribution in [-0.2, 0) is 6.61 Å². The van der Waals surface area contributed by atoms with Crippen LogP contribution in [0, 0.1) is 22.0 Å². The summed E-state index contributed by atoms with van der Waals surface area (Å²) in [6.45, 7) is -0.363. The third kappa shape index (κ3) is 3.26. The number of benzene rings is 1. The first-order valence-corrected chi connectivity index (χ1v) is 5.30. The Bertz CT molecular complexity index is 448. The average molecular weight is 237 g/mol. The molecule has 0 radical (unpaired) electrons. The molecule has 16 heavy (non-hydrogen) atoms. The highest BCUT2D eigenvalue weighted by Crippen LogP contribution is 2.19. The second-order valence-corrected chi connectivity index (χ2v) is 3.48. The molecule has 0 aliphatic carbocycles. The smallest absolute Gasteiger partial charge is 0.274 e. The SMILES string of the molecule is O=[N+]([O-])c1ccc(C#CCCS)cc1CO. The van der Waals surface area contributed by atoms with Gasteiger partial charge in [0.05, 0.1) is 17.1 Å². The lowest BCUT2D eigenvalue weighted by atomic mass is 10.1. The van der Waals surface area contributed by atoms with Gasteiger partial charge in [0.1, 0.15) is 0 Å². The standard InChI is InChI=1S/C11H11NO3S/c13-8-10-7-9(3-1-2-6-16)4-5-11(10)12(14)15/h4-5,7,13,16H,2,6,8H2. The summed E-state index contributed by atoms with van der Waals surface area (Å²) in [7, 11) is 0. The summed E-state index contributed by atoms with van der Waals surface area (Å²) < 4.78 is 0. The zero-order chi connectivity index (χ0) is 12.0. The first-order valence-electron chi connectivity index (χ1n) is 4.67. The molecule has 5 heteroatoms. The van der Waals surface area contributed by atoms with Crippen molar-refractivity contribution >= 4 is 18.3 Å². The lowest BCUT2D eigenvalue weighted by molar-refractivity contribution is -0.385. The monoisotopic (exact) mass is 237 g/mol. The van der Waals surface area contributed by atoms with Crippen LogP contribution >= 0.6 is 12.6 Å². The molecule has 1 aromatic carbocycles. The molecule has 0 heterocycles. The van der Waals surface area contributed by atoms with E-state index in [1.165, 1.54) is 12.1 Å². The van der Waals surface area contributed by atoms with Gasteiger partial charge in [-0.3, -0.25) is 10.1 Å². The number of rotatable bonds is 3. The van der Waals surface area contributed by atoms with Crippen LogP contribution in [0.5, 0.6) is 0 Å². The first kappa shape index (κ1) is 12.6. The molecule has 0 aliphatic heterocycles. The van der Waals surface area contributed by atoms with Crippen LogP contribution < -0.4 is 0 Å². The summed E-state index contributed by atoms with van der Waals surface area (Å²) in [6.07, 6.45) is 0.661. The Morgan fingerprint density at radius 2 is 2.25 bits per heavy atom. The van der Waals surface area contributed by atoms with E-state index in [1.807, 2.05) is 0 Å². The number of nitro groups is 1. The van der Waals surface area contributed by atoms with Crippen LogP contribution in [0.15, 0.2) is 18.2 Å². The van der Waals surface area contributed by atoms with Crippen molar-refractivity contribution < 1.29 is 10.0 Å². The predicted molar refractivity (Wildman–Crippen MR) is 64.4 cm³/mol. The van der Waals surface area contributed by atoms with Crippen molar-refractivity contribution in [3.05, 3.63) is 39.4 Å². The lowest BCUT2D eigenvalue weighted by Crippen LogP contribution is -1.95. The van der Waals surface area contributed by atoms with Gasteiger partial charge in [-0.15, -0.1) is 0 Å². The van der Waals surface area contributed by atoms with Gasteiger partial charge in [-0.1, -0.05) is 11.8 Å². The Labute approximate surface area is 98.9 Å². The fourth-order valence-corrected chi connectivity index (χ4v) is 1.30. The summed E-state index contributed by atoms with van der Waals surface area (Å²) in [5.74, 6) is 6.40. The van der Waals surface area contributed by atoms with Crippen molar-refractivity contribution in [1.82, 2.24) is 0 Å². The number of aliphatic hydroxyl groups is 1. The molecule has 0 fully saturated rings. The van der Waals surface area contributed by atoms with E-state index in [9.17, 15) is 10.1 Å². The average Bonchev–Trinajstić information content (AvgIpc) is 2.29. The first-order chi connectivity index (χ1) is 7.69. The largest absolute Gasteiger partial charge is 0.391 e. The lowest BCUT2D eigenvalue weighted by Gasteiger charge is -1.99. The van der Waals surface area contributed by atoms with Crippen LogP contribution in [0.4, 0.5) is 5.69 Å². The normalized spacial score (nSPS) is 9.38. The number of hydrogen-bond donors (Lipinski definition) is 2. The van der Waals surface area contributed by atoms with Gasteiger partial charge in [-0.05, 0) is 12.1 Å². The molecule has 0 spiro atoms. The third-order valence-electron chi connectivity index (χ3n) is 1.92. The summed E-state index contributed by atoms with van der Waals surface area (Å²) in [4.78, 5) is 10.1. The summed E-state index contributed by atoms with van der Waals surface area (Å²) in [5, 5.41) is 19.6. The van der Waals surface area contributed by atoms with Gasteiger partial charge in [0, 0.05) is 23.8 Å². The van der Waals surface area contributed by atoms with E-state index in [4.69, 9.17) is 5.11 Å². The summed E-state index contributed by atoms with van der Waals surface area (Å²) >= 11 is 4.02. The molecule has 0 amide bonds. The van der Waals surface area contributed by atoms with Gasteiger partial charge in [0.15, 0.2) is 0 Å². The highest BCUT2D eigenvalue weighted by molar-refractivity contribution is 7.80. The van der Waals surface area contributed by atoms with E-state index in [0.717, 1.165) is 0 Å². The highest BCUT2D eigenvalue weighted by atomic mass is 32.1. The molecular weight excluding hydrogens is 226 g/mol. The maximum absolute atomic E-state index is 10.6. The molecule has 84 valence electrons. The maximum atomic E-state index is 10.6. The fraction of sp³-hybridized carbons (Fsp3) is 0.273. The summed E-state index contributed by atoms with van der Waals surface area (Å²) in [5.41, 5.74) is 0.862. The van der Waals surface area contributed by atoms with Crippen LogP contribution in [0.25, 0.3) is 0 Å². The molecule has 1 aromatic rings. The van der Waals surface area contributed by atoms with Crippen molar-refractivity contribution in [1.29, 1.82) is 0 Å². The fourth-order valence-electron chi connectivity index (χ4n) is 1.19. The van der Waals surface area contributed by atoms with Crippen molar-refractivity contribution in [3.8, 4) is 11.8 Å². The van der Waals surface area contributed by atoms with E-state index < -0.39 is 4.92 Å². The van der Waals surface area contributed by atoms with E-state index >= 15 is 0 Å². The molecular formula is C11H11NO3S. The van der Waals surface area contributed by atoms with E-state index in [1.54, 1.807) is 6.07 Å². The van der Waals surface area contributed by atoms with Gasteiger partial charge in [0.25, 0.3) is 5.69 Å². The van der Waals surface area contributed by atoms with Crippen molar-refractivity contribution in [3.63, 3.8) is 0 Å². The molecule has 1 N–H and O–H groups in total. The van der Waals surface area contributed by atoms with Gasteiger partial charge in [0.2, 0.25) is 0 Å². The molecule has 0 saturated heterocycles. The minimum absolute atomic E-state index is 0.0813. The van der Waals surface area contributed by atoms with Crippen LogP contribution in [0.1, 0.15) is 17.5 Å². The third-order valence-corrected chi connectivity index (χ3v) is 2.14. The second-order valence-electron chi connectivity index (χ2n) is 3.03. The molecule has 0 aromatic heterocycles. The predicted octanol–water partition coefficient (Wildman–Crippen LogP) is 1.76. The Kier molecular flexibility index (Phi) is 4.83. The minimum Gasteiger partial charge on any atom is -0.391 e. The highest BCUT2D eigenvalue weighted by Gasteiger charge is 2.12. The number of nitro benzene ring substituents is 1. The molecule has 4 nitrogen and oxygen atoms in total. The minimum atomic E-state index is -0.517. The molecule has 0 aliphatic rings. The quantitative estimate of drug-likeness (QED) is 0.364. The van der Waals surface area contributed by atoms with Crippen molar-refractivity contribution in [2.45, 2.75) is 13.0 Å². The molecule has 0 saturated carbocycles. The Hall–Kier alpha value is -1.51. The van der Waals surface area contributed by atoms with Crippen LogP contribution in [0.3, 0.4) is 0 Å². The molecule has 0 bridgehead atoms. The number of aliphatic hydroxyl groups excluding tert-OH is 1. The van der Waals surface area contributed by atoms with Crippen LogP contribution in [0.2, 0.25) is 0 Å². The number of nitrogens with zero attached hydrogens (tertiary/aromatic N) is 1. The van der Waals surface area contributed by atoms with E-state index in [2.05, 4.69) is 24.5 Å². The van der Waals surface area contributed by atoms with Gasteiger partial charge >= 0.3 is 0 Å². The van der Waals surface area contributed by atoms with Gasteiger partial charge in [-0.25, -0.2) is 0 Å². The Morgan fingerprint density at radius 1 is 1.50 bits per heavy atom. The van der Waals surface area contributed by atoms with Gasteiger partial charge < -0.3 is 5.11 Å². The summed E-state index contributed by atoms with van der Waals surface area (Å²) in [6, 6.07) is 4.46. The number of hydrogen-bond acceptors (Lipinski definition) is 4. The Morgan fingerprint density at radius 3 is 2.81 bits per heavy atom. The van der Waals surface area contributed by atoms with Crippen LogP contribution in [-0.4, -0.2) is 15.8 Å². The number of thiol groups is 1.